The highest BCUT2D eigenvalue weighted by Crippen LogP contribution is 2.33. The average molecular weight is 263 g/mol. The van der Waals surface area contributed by atoms with Crippen LogP contribution in [-0.2, 0) is 0 Å². The zero-order chi connectivity index (χ0) is 13.8. The van der Waals surface area contributed by atoms with Gasteiger partial charge in [-0.05, 0) is 44.6 Å². The van der Waals surface area contributed by atoms with Gasteiger partial charge in [0.15, 0.2) is 0 Å². The van der Waals surface area contributed by atoms with E-state index in [-0.39, 0.29) is 6.04 Å². The van der Waals surface area contributed by atoms with Crippen molar-refractivity contribution in [2.45, 2.75) is 51.7 Å². The second-order valence-corrected chi connectivity index (χ2v) is 5.69. The monoisotopic (exact) mass is 263 g/mol. The molecule has 0 aliphatic heterocycles. The molecule has 3 nitrogen and oxygen atoms in total. The fraction of sp³-hybridized carbons (Fsp3) is 0.625. The summed E-state index contributed by atoms with van der Waals surface area (Å²) in [5, 5.41) is 0. The topological polar surface area (TPSA) is 44.5 Å². The van der Waals surface area contributed by atoms with E-state index in [1.54, 1.807) is 7.11 Å². The first-order valence-corrected chi connectivity index (χ1v) is 7.20. The van der Waals surface area contributed by atoms with E-state index in [0.717, 1.165) is 35.8 Å². The number of nitrogens with two attached hydrogens (primary N) is 1. The highest BCUT2D eigenvalue weighted by molar-refractivity contribution is 5.42. The lowest BCUT2D eigenvalue weighted by Crippen LogP contribution is -2.24. The third-order valence-electron chi connectivity index (χ3n) is 3.97. The van der Waals surface area contributed by atoms with E-state index in [2.05, 4.69) is 6.92 Å². The standard InChI is InChI=1S/C16H25NO2/c1-11-4-6-13(7-5-11)19-16-10-14(18-3)8-9-15(16)12(2)17/h8-13H,4-7,17H2,1-3H3/t11?,12-,13?/m1/s1. The quantitative estimate of drug-likeness (QED) is 0.901. The maximum Gasteiger partial charge on any atom is 0.128 e. The van der Waals surface area contributed by atoms with Crippen LogP contribution in [-0.4, -0.2) is 13.2 Å². The van der Waals surface area contributed by atoms with Gasteiger partial charge in [0, 0.05) is 17.7 Å². The van der Waals surface area contributed by atoms with Crippen molar-refractivity contribution in [2.24, 2.45) is 11.7 Å². The number of rotatable bonds is 4. The van der Waals surface area contributed by atoms with Crippen molar-refractivity contribution in [2.75, 3.05) is 7.11 Å². The molecule has 2 rings (SSSR count). The number of methoxy groups -OCH3 is 1. The molecule has 1 fully saturated rings. The van der Waals surface area contributed by atoms with E-state index >= 15 is 0 Å². The zero-order valence-electron chi connectivity index (χ0n) is 12.2. The lowest BCUT2D eigenvalue weighted by molar-refractivity contribution is 0.133. The van der Waals surface area contributed by atoms with E-state index in [0.29, 0.717) is 6.10 Å². The molecule has 1 aliphatic carbocycles. The summed E-state index contributed by atoms with van der Waals surface area (Å²) in [5.74, 6) is 2.54. The van der Waals surface area contributed by atoms with Gasteiger partial charge >= 0.3 is 0 Å². The Hall–Kier alpha value is -1.22. The summed E-state index contributed by atoms with van der Waals surface area (Å²) >= 11 is 0. The van der Waals surface area contributed by atoms with Crippen molar-refractivity contribution in [3.05, 3.63) is 23.8 Å². The normalized spacial score (nSPS) is 24.8. The lowest BCUT2D eigenvalue weighted by atomic mass is 9.89. The Morgan fingerprint density at radius 2 is 1.89 bits per heavy atom. The predicted molar refractivity (Wildman–Crippen MR) is 77.6 cm³/mol. The molecule has 0 saturated heterocycles. The van der Waals surface area contributed by atoms with Gasteiger partial charge in [-0.15, -0.1) is 0 Å². The van der Waals surface area contributed by atoms with Crippen LogP contribution in [0.25, 0.3) is 0 Å². The van der Waals surface area contributed by atoms with E-state index in [1.807, 2.05) is 25.1 Å². The van der Waals surface area contributed by atoms with Gasteiger partial charge in [-0.2, -0.15) is 0 Å². The van der Waals surface area contributed by atoms with Crippen LogP contribution in [0.4, 0.5) is 0 Å². The Balaban J connectivity index is 2.13. The van der Waals surface area contributed by atoms with Crippen LogP contribution in [0.5, 0.6) is 11.5 Å². The highest BCUT2D eigenvalue weighted by Gasteiger charge is 2.21. The predicted octanol–water partition coefficient (Wildman–Crippen LogP) is 3.67. The van der Waals surface area contributed by atoms with Gasteiger partial charge in [0.05, 0.1) is 13.2 Å². The Morgan fingerprint density at radius 1 is 1.21 bits per heavy atom. The van der Waals surface area contributed by atoms with Crippen molar-refractivity contribution >= 4 is 0 Å². The van der Waals surface area contributed by atoms with Crippen LogP contribution >= 0.6 is 0 Å². The van der Waals surface area contributed by atoms with Crippen molar-refractivity contribution in [1.29, 1.82) is 0 Å². The maximum atomic E-state index is 6.18. The van der Waals surface area contributed by atoms with Gasteiger partial charge in [0.1, 0.15) is 11.5 Å². The Morgan fingerprint density at radius 3 is 2.47 bits per heavy atom. The summed E-state index contributed by atoms with van der Waals surface area (Å²) in [6, 6.07) is 5.87. The summed E-state index contributed by atoms with van der Waals surface area (Å²) in [7, 11) is 1.67. The van der Waals surface area contributed by atoms with Crippen molar-refractivity contribution in [3.63, 3.8) is 0 Å². The van der Waals surface area contributed by atoms with Gasteiger partial charge in [-0.3, -0.25) is 0 Å². The molecular formula is C16H25NO2. The number of ether oxygens (including phenoxy) is 2. The fourth-order valence-corrected chi connectivity index (χ4v) is 2.65. The Labute approximate surface area is 116 Å². The molecule has 1 aromatic carbocycles. The lowest BCUT2D eigenvalue weighted by Gasteiger charge is -2.28. The van der Waals surface area contributed by atoms with Gasteiger partial charge in [0.25, 0.3) is 0 Å². The Bertz CT molecular complexity index is 409. The van der Waals surface area contributed by atoms with Crippen LogP contribution in [0.15, 0.2) is 18.2 Å². The van der Waals surface area contributed by atoms with Crippen LogP contribution in [0, 0.1) is 5.92 Å². The summed E-state index contributed by atoms with van der Waals surface area (Å²) in [6.07, 6.45) is 5.10. The van der Waals surface area contributed by atoms with Crippen LogP contribution in [0.3, 0.4) is 0 Å². The molecule has 1 atom stereocenters. The number of hydrogen-bond acceptors (Lipinski definition) is 3. The summed E-state index contributed by atoms with van der Waals surface area (Å²) in [6.45, 7) is 4.30. The molecule has 0 heterocycles. The molecule has 1 aliphatic rings. The smallest absolute Gasteiger partial charge is 0.128 e. The molecule has 0 unspecified atom stereocenters. The minimum Gasteiger partial charge on any atom is -0.497 e. The minimum atomic E-state index is -0.0246. The second kappa shape index (κ2) is 6.29. The van der Waals surface area contributed by atoms with Crippen LogP contribution < -0.4 is 15.2 Å². The second-order valence-electron chi connectivity index (χ2n) is 5.69. The van der Waals surface area contributed by atoms with Gasteiger partial charge in [-0.1, -0.05) is 13.0 Å². The van der Waals surface area contributed by atoms with E-state index in [4.69, 9.17) is 15.2 Å². The molecule has 3 heteroatoms. The summed E-state index contributed by atoms with van der Waals surface area (Å²) in [4.78, 5) is 0. The molecule has 1 aromatic rings. The maximum absolute atomic E-state index is 6.18. The minimum absolute atomic E-state index is 0.0246. The molecule has 1 saturated carbocycles. The third-order valence-corrected chi connectivity index (χ3v) is 3.97. The van der Waals surface area contributed by atoms with Gasteiger partial charge < -0.3 is 15.2 Å². The highest BCUT2D eigenvalue weighted by atomic mass is 16.5. The first-order chi connectivity index (χ1) is 9.10. The first kappa shape index (κ1) is 14.2. The molecule has 106 valence electrons. The Kier molecular flexibility index (Phi) is 4.70. The molecule has 19 heavy (non-hydrogen) atoms. The fourth-order valence-electron chi connectivity index (χ4n) is 2.65. The molecule has 0 bridgehead atoms. The zero-order valence-corrected chi connectivity index (χ0v) is 12.2. The van der Waals surface area contributed by atoms with Crippen molar-refractivity contribution < 1.29 is 9.47 Å². The molecule has 0 amide bonds. The van der Waals surface area contributed by atoms with Gasteiger partial charge in [-0.25, -0.2) is 0 Å². The molecule has 0 spiro atoms. The van der Waals surface area contributed by atoms with E-state index in [9.17, 15) is 0 Å². The van der Waals surface area contributed by atoms with Crippen LogP contribution in [0.1, 0.15) is 51.1 Å². The molecule has 0 aromatic heterocycles. The number of hydrogen-bond donors (Lipinski definition) is 1. The van der Waals surface area contributed by atoms with Crippen LogP contribution in [0.2, 0.25) is 0 Å². The van der Waals surface area contributed by atoms with Gasteiger partial charge in [0.2, 0.25) is 0 Å². The summed E-state index contributed by atoms with van der Waals surface area (Å²) in [5.41, 5.74) is 7.07. The molecule has 2 N–H and O–H groups in total. The summed E-state index contributed by atoms with van der Waals surface area (Å²) < 4.78 is 11.5. The molecule has 0 radical (unpaired) electrons. The molecular weight excluding hydrogens is 238 g/mol. The first-order valence-electron chi connectivity index (χ1n) is 7.20. The number of benzene rings is 1. The third kappa shape index (κ3) is 3.63. The van der Waals surface area contributed by atoms with E-state index in [1.165, 1.54) is 12.8 Å². The van der Waals surface area contributed by atoms with Crippen molar-refractivity contribution in [3.8, 4) is 11.5 Å². The average Bonchev–Trinajstić information content (AvgIpc) is 2.41. The van der Waals surface area contributed by atoms with E-state index < -0.39 is 0 Å². The largest absolute Gasteiger partial charge is 0.497 e. The van der Waals surface area contributed by atoms with Crippen molar-refractivity contribution in [1.82, 2.24) is 0 Å². The SMILES string of the molecule is COc1ccc([C@@H](C)N)c(OC2CCC(C)CC2)c1.